The van der Waals surface area contributed by atoms with E-state index in [1.165, 1.54) is 21.6 Å². The molecule has 35 heavy (non-hydrogen) atoms. The summed E-state index contributed by atoms with van der Waals surface area (Å²) in [5.74, 6) is 0.558. The minimum atomic E-state index is -4.22. The smallest absolute Gasteiger partial charge is 1.00 e. The number of ether oxygens (including phenoxy) is 1. The van der Waals surface area contributed by atoms with E-state index in [0.29, 0.717) is 43.3 Å². The first-order valence-electron chi connectivity index (χ1n) is 12.0. The van der Waals surface area contributed by atoms with Crippen LogP contribution in [-0.4, -0.2) is 43.7 Å². The van der Waals surface area contributed by atoms with Crippen LogP contribution in [0.15, 0.2) is 12.3 Å². The van der Waals surface area contributed by atoms with E-state index < -0.39 is 16.2 Å². The number of anilines is 2. The number of hydrogen-bond acceptors (Lipinski definition) is 6. The van der Waals surface area contributed by atoms with Gasteiger partial charge in [-0.2, -0.15) is 8.42 Å². The molecule has 2 heterocycles. The van der Waals surface area contributed by atoms with Crippen molar-refractivity contribution in [2.75, 3.05) is 22.8 Å². The van der Waals surface area contributed by atoms with Gasteiger partial charge in [0, 0.05) is 18.9 Å². The molecule has 0 atom stereocenters. The molecule has 1 aliphatic heterocycles. The van der Waals surface area contributed by atoms with Gasteiger partial charge in [-0.05, 0) is 87.5 Å². The number of carbonyl (C=O) groups excluding carboxylic acids is 1. The van der Waals surface area contributed by atoms with Crippen LogP contribution >= 0.6 is 0 Å². The van der Waals surface area contributed by atoms with Crippen molar-refractivity contribution >= 4 is 27.6 Å². The van der Waals surface area contributed by atoms with Crippen LogP contribution < -0.4 is 43.9 Å². The molecule has 0 spiro atoms. The van der Waals surface area contributed by atoms with Crippen molar-refractivity contribution < 1.29 is 48.9 Å². The van der Waals surface area contributed by atoms with Crippen LogP contribution in [0.3, 0.4) is 0 Å². The summed E-state index contributed by atoms with van der Waals surface area (Å²) in [5.41, 5.74) is 6.57. The molecule has 1 aromatic heterocycles. The van der Waals surface area contributed by atoms with Gasteiger partial charge in [0.25, 0.3) is 0 Å². The number of nitrogens with zero attached hydrogens (tertiary/aromatic N) is 3. The van der Waals surface area contributed by atoms with E-state index in [1.807, 2.05) is 0 Å². The number of aryl methyl sites for hydroxylation is 4. The summed E-state index contributed by atoms with van der Waals surface area (Å²) in [6, 6.07) is 1.18. The summed E-state index contributed by atoms with van der Waals surface area (Å²) in [4.78, 5) is 21.7. The van der Waals surface area contributed by atoms with Gasteiger partial charge in [0.2, 0.25) is 0 Å². The molecule has 0 radical (unpaired) electrons. The zero-order valence-electron chi connectivity index (χ0n) is 21.7. The van der Waals surface area contributed by atoms with Crippen molar-refractivity contribution in [2.45, 2.75) is 71.3 Å². The molecule has 3 aliphatic rings. The van der Waals surface area contributed by atoms with Gasteiger partial charge < -0.3 is 11.5 Å². The van der Waals surface area contributed by atoms with E-state index in [4.69, 9.17) is 4.74 Å². The number of carbonyl (C=O) groups is 1. The third-order valence-corrected chi connectivity index (χ3v) is 8.48. The predicted molar refractivity (Wildman–Crippen MR) is 131 cm³/mol. The van der Waals surface area contributed by atoms with Crippen LogP contribution in [0.1, 0.15) is 60.9 Å². The Morgan fingerprint density at radius 1 is 1.09 bits per heavy atom. The van der Waals surface area contributed by atoms with Gasteiger partial charge in [-0.3, -0.25) is 0 Å². The molecule has 5 rings (SSSR count). The second kappa shape index (κ2) is 10.7. The molecule has 1 aromatic carbocycles. The summed E-state index contributed by atoms with van der Waals surface area (Å²) < 4.78 is 36.2. The molecular weight excluding hydrogens is 477 g/mol. The standard InChI is InChI=1S/C24H31N5O4S.Na.H/c1-15-22(14-25-16(2)26-15)29(19-9-11-33-12-10-19)34(31,32)28-24(30)27-23-20-7-3-5-17(20)13-18-6-4-8-21(18)23;;/h13-14,19H,3-12H2,1-2H3,(H2,27,28,30);;/q;+1;-1. The molecule has 2 amide bonds. The number of hydrogen-bond donors (Lipinski definition) is 2. The molecule has 0 saturated carbocycles. The van der Waals surface area contributed by atoms with E-state index >= 15 is 0 Å². The Morgan fingerprint density at radius 2 is 1.71 bits per heavy atom. The van der Waals surface area contributed by atoms with Crippen LogP contribution in [0.5, 0.6) is 0 Å². The number of amides is 2. The number of fused-ring (bicyclic) bond motifs is 2. The molecule has 2 aromatic rings. The maximum absolute atomic E-state index is 13.6. The fourth-order valence-corrected chi connectivity index (χ4v) is 6.93. The van der Waals surface area contributed by atoms with Crippen LogP contribution in [0.25, 0.3) is 0 Å². The van der Waals surface area contributed by atoms with Gasteiger partial charge >= 0.3 is 45.8 Å². The second-order valence-corrected chi connectivity index (χ2v) is 10.9. The van der Waals surface area contributed by atoms with Gasteiger partial charge in [-0.1, -0.05) is 6.07 Å². The van der Waals surface area contributed by atoms with E-state index in [-0.39, 0.29) is 37.0 Å². The zero-order chi connectivity index (χ0) is 23.9. The Kier molecular flexibility index (Phi) is 8.07. The molecule has 2 N–H and O–H groups in total. The maximum atomic E-state index is 13.6. The number of urea groups is 1. The average molecular weight is 510 g/mol. The summed E-state index contributed by atoms with van der Waals surface area (Å²) in [6.07, 6.45) is 8.47. The van der Waals surface area contributed by atoms with Crippen molar-refractivity contribution in [3.05, 3.63) is 46.0 Å². The van der Waals surface area contributed by atoms with E-state index in [2.05, 4.69) is 26.1 Å². The molecule has 0 bridgehead atoms. The van der Waals surface area contributed by atoms with Gasteiger partial charge in [0.05, 0.1) is 23.6 Å². The molecule has 2 aliphatic carbocycles. The Labute approximate surface area is 230 Å². The van der Waals surface area contributed by atoms with Crippen LogP contribution in [0.2, 0.25) is 0 Å². The van der Waals surface area contributed by atoms with Gasteiger partial charge in [0.1, 0.15) is 5.82 Å². The predicted octanol–water partition coefficient (Wildman–Crippen LogP) is 0.239. The Hall–Kier alpha value is -1.72. The SMILES string of the molecule is Cc1ncc(N(C2CCOCC2)S(=O)(=O)NC(=O)Nc2c3c(cc4c2CCC4)CCC3)c(C)n1.[H-].[Na+]. The molecule has 184 valence electrons. The van der Waals surface area contributed by atoms with Crippen molar-refractivity contribution in [3.8, 4) is 0 Å². The van der Waals surface area contributed by atoms with E-state index in [1.54, 1.807) is 13.8 Å². The minimum Gasteiger partial charge on any atom is -1.00 e. The number of nitrogens with one attached hydrogen (secondary N) is 2. The first-order valence-corrected chi connectivity index (χ1v) is 13.4. The van der Waals surface area contributed by atoms with E-state index in [9.17, 15) is 13.2 Å². The Bertz CT molecular complexity index is 1210. The van der Waals surface area contributed by atoms with Crippen molar-refractivity contribution in [2.24, 2.45) is 0 Å². The summed E-state index contributed by atoms with van der Waals surface area (Å²) in [6.45, 7) is 4.42. The normalized spacial score (nSPS) is 17.3. The van der Waals surface area contributed by atoms with Crippen LogP contribution in [0.4, 0.5) is 16.2 Å². The van der Waals surface area contributed by atoms with Crippen LogP contribution in [-0.2, 0) is 40.6 Å². The van der Waals surface area contributed by atoms with Crippen molar-refractivity contribution in [3.63, 3.8) is 0 Å². The summed E-state index contributed by atoms with van der Waals surface area (Å²) in [7, 11) is -4.22. The quantitative estimate of drug-likeness (QED) is 0.559. The number of rotatable bonds is 5. The van der Waals surface area contributed by atoms with Crippen LogP contribution in [0, 0.1) is 13.8 Å². The average Bonchev–Trinajstić information content (AvgIpc) is 3.45. The number of benzene rings is 1. The Morgan fingerprint density at radius 3 is 2.31 bits per heavy atom. The largest absolute Gasteiger partial charge is 1.00 e. The topological polar surface area (TPSA) is 114 Å². The molecule has 9 nitrogen and oxygen atoms in total. The molecule has 11 heteroatoms. The maximum Gasteiger partial charge on any atom is 1.00 e. The molecule has 1 saturated heterocycles. The van der Waals surface area contributed by atoms with Gasteiger partial charge in [0.15, 0.2) is 0 Å². The molecule has 1 fully saturated rings. The first kappa shape index (κ1) is 26.3. The third-order valence-electron chi connectivity index (χ3n) is 7.03. The zero-order valence-corrected chi connectivity index (χ0v) is 23.5. The fraction of sp³-hybridized carbons (Fsp3) is 0.542. The van der Waals surface area contributed by atoms with Crippen molar-refractivity contribution in [1.29, 1.82) is 0 Å². The fourth-order valence-electron chi connectivity index (χ4n) is 5.51. The third kappa shape index (κ3) is 5.36. The number of aromatic nitrogens is 2. The minimum absolute atomic E-state index is 0. The summed E-state index contributed by atoms with van der Waals surface area (Å²) in [5, 5.41) is 2.92. The second-order valence-electron chi connectivity index (χ2n) is 9.32. The molecular formula is C24H32N5NaO4S. The monoisotopic (exact) mass is 509 g/mol. The van der Waals surface area contributed by atoms with Gasteiger partial charge in [-0.15, -0.1) is 0 Å². The van der Waals surface area contributed by atoms with Gasteiger partial charge in [-0.25, -0.2) is 23.8 Å². The summed E-state index contributed by atoms with van der Waals surface area (Å²) >= 11 is 0. The van der Waals surface area contributed by atoms with E-state index in [0.717, 1.165) is 55.3 Å². The molecule has 0 unspecified atom stereocenters. The van der Waals surface area contributed by atoms with Crippen molar-refractivity contribution in [1.82, 2.24) is 14.7 Å². The Balaban J connectivity index is 0.00000180. The first-order chi connectivity index (χ1) is 16.3.